The van der Waals surface area contributed by atoms with Crippen LogP contribution in [0.2, 0.25) is 0 Å². The van der Waals surface area contributed by atoms with Crippen molar-refractivity contribution in [3.05, 3.63) is 60.7 Å². The SMILES string of the molecule is C=CCOc1cccc(NC(=O)c2c(OC)cccc2OC)c1. The van der Waals surface area contributed by atoms with Crippen LogP contribution in [0.4, 0.5) is 5.69 Å². The molecular formula is C18H19NO4. The van der Waals surface area contributed by atoms with Crippen molar-refractivity contribution < 1.29 is 19.0 Å². The smallest absolute Gasteiger partial charge is 0.263 e. The number of benzene rings is 2. The molecule has 0 aromatic heterocycles. The van der Waals surface area contributed by atoms with Crippen molar-refractivity contribution in [3.63, 3.8) is 0 Å². The summed E-state index contributed by atoms with van der Waals surface area (Å²) in [6.45, 7) is 4.00. The topological polar surface area (TPSA) is 56.8 Å². The van der Waals surface area contributed by atoms with Gasteiger partial charge in [0.25, 0.3) is 5.91 Å². The molecule has 2 aromatic rings. The van der Waals surface area contributed by atoms with Gasteiger partial charge in [0.15, 0.2) is 0 Å². The van der Waals surface area contributed by atoms with Gasteiger partial charge in [-0.05, 0) is 24.3 Å². The number of nitrogens with one attached hydrogen (secondary N) is 1. The van der Waals surface area contributed by atoms with E-state index in [1.807, 2.05) is 6.07 Å². The summed E-state index contributed by atoms with van der Waals surface area (Å²) < 4.78 is 15.9. The van der Waals surface area contributed by atoms with Crippen LogP contribution in [-0.4, -0.2) is 26.7 Å². The molecule has 0 radical (unpaired) electrons. The second-order valence-electron chi connectivity index (χ2n) is 4.62. The number of hydrogen-bond acceptors (Lipinski definition) is 4. The van der Waals surface area contributed by atoms with Gasteiger partial charge in [0.2, 0.25) is 0 Å². The molecule has 120 valence electrons. The van der Waals surface area contributed by atoms with Crippen molar-refractivity contribution >= 4 is 11.6 Å². The molecule has 0 aliphatic heterocycles. The normalized spacial score (nSPS) is 9.83. The molecular weight excluding hydrogens is 294 g/mol. The van der Waals surface area contributed by atoms with Gasteiger partial charge in [-0.3, -0.25) is 4.79 Å². The molecule has 0 saturated heterocycles. The van der Waals surface area contributed by atoms with E-state index >= 15 is 0 Å². The van der Waals surface area contributed by atoms with E-state index < -0.39 is 0 Å². The zero-order valence-corrected chi connectivity index (χ0v) is 13.2. The summed E-state index contributed by atoms with van der Waals surface area (Å²) in [5.74, 6) is 1.22. The largest absolute Gasteiger partial charge is 0.496 e. The number of carbonyl (C=O) groups is 1. The quantitative estimate of drug-likeness (QED) is 0.795. The van der Waals surface area contributed by atoms with E-state index in [1.54, 1.807) is 42.5 Å². The zero-order valence-electron chi connectivity index (χ0n) is 13.2. The number of amides is 1. The Hall–Kier alpha value is -2.95. The van der Waals surface area contributed by atoms with Crippen molar-refractivity contribution in [2.24, 2.45) is 0 Å². The van der Waals surface area contributed by atoms with Gasteiger partial charge in [-0.15, -0.1) is 0 Å². The minimum absolute atomic E-state index is 0.319. The fourth-order valence-electron chi connectivity index (χ4n) is 2.09. The molecule has 0 unspecified atom stereocenters. The van der Waals surface area contributed by atoms with Gasteiger partial charge < -0.3 is 19.5 Å². The molecule has 0 fully saturated rings. The van der Waals surface area contributed by atoms with Crippen LogP contribution in [0, 0.1) is 0 Å². The third kappa shape index (κ3) is 4.03. The standard InChI is InChI=1S/C18H19NO4/c1-4-11-23-14-8-5-7-13(12-14)19-18(20)17-15(21-2)9-6-10-16(17)22-3/h4-10,12H,1,11H2,2-3H3,(H,19,20). The minimum atomic E-state index is -0.319. The number of carbonyl (C=O) groups excluding carboxylic acids is 1. The van der Waals surface area contributed by atoms with Crippen LogP contribution in [0.25, 0.3) is 0 Å². The van der Waals surface area contributed by atoms with Gasteiger partial charge in [-0.25, -0.2) is 0 Å². The maximum absolute atomic E-state index is 12.6. The monoisotopic (exact) mass is 313 g/mol. The van der Waals surface area contributed by atoms with E-state index in [2.05, 4.69) is 11.9 Å². The van der Waals surface area contributed by atoms with E-state index in [-0.39, 0.29) is 5.91 Å². The molecule has 0 atom stereocenters. The summed E-state index contributed by atoms with van der Waals surface area (Å²) >= 11 is 0. The van der Waals surface area contributed by atoms with Gasteiger partial charge >= 0.3 is 0 Å². The fourth-order valence-corrected chi connectivity index (χ4v) is 2.09. The summed E-state index contributed by atoms with van der Waals surface area (Å²) in [7, 11) is 3.02. The number of hydrogen-bond donors (Lipinski definition) is 1. The van der Waals surface area contributed by atoms with Gasteiger partial charge in [-0.2, -0.15) is 0 Å². The molecule has 0 bridgehead atoms. The first kappa shape index (κ1) is 16.4. The maximum atomic E-state index is 12.6. The van der Waals surface area contributed by atoms with Crippen molar-refractivity contribution in [1.82, 2.24) is 0 Å². The predicted octanol–water partition coefficient (Wildman–Crippen LogP) is 3.52. The van der Waals surface area contributed by atoms with Crippen molar-refractivity contribution in [2.75, 3.05) is 26.1 Å². The Morgan fingerprint density at radius 3 is 2.39 bits per heavy atom. The number of rotatable bonds is 7. The highest BCUT2D eigenvalue weighted by Gasteiger charge is 2.18. The van der Waals surface area contributed by atoms with Crippen molar-refractivity contribution in [1.29, 1.82) is 0 Å². The Kier molecular flexibility index (Phi) is 5.63. The molecule has 0 saturated carbocycles. The summed E-state index contributed by atoms with van der Waals surface area (Å²) in [5, 5.41) is 2.82. The maximum Gasteiger partial charge on any atom is 0.263 e. The Labute approximate surface area is 135 Å². The number of methoxy groups -OCH3 is 2. The third-order valence-corrected chi connectivity index (χ3v) is 3.11. The molecule has 23 heavy (non-hydrogen) atoms. The lowest BCUT2D eigenvalue weighted by molar-refractivity contribution is 0.102. The summed E-state index contributed by atoms with van der Waals surface area (Å²) in [6, 6.07) is 12.3. The molecule has 0 spiro atoms. The molecule has 0 heterocycles. The Morgan fingerprint density at radius 2 is 1.78 bits per heavy atom. The summed E-state index contributed by atoms with van der Waals surface area (Å²) in [4.78, 5) is 12.6. The molecule has 0 aliphatic carbocycles. The molecule has 1 N–H and O–H groups in total. The van der Waals surface area contributed by atoms with Crippen molar-refractivity contribution in [3.8, 4) is 17.2 Å². The average molecular weight is 313 g/mol. The second kappa shape index (κ2) is 7.89. The van der Waals surface area contributed by atoms with E-state index in [1.165, 1.54) is 14.2 Å². The molecule has 5 heteroatoms. The highest BCUT2D eigenvalue weighted by molar-refractivity contribution is 6.08. The van der Waals surface area contributed by atoms with Crippen LogP contribution in [0.15, 0.2) is 55.1 Å². The van der Waals surface area contributed by atoms with E-state index in [0.29, 0.717) is 35.1 Å². The highest BCUT2D eigenvalue weighted by atomic mass is 16.5. The number of ether oxygens (including phenoxy) is 3. The van der Waals surface area contributed by atoms with Crippen LogP contribution in [0.1, 0.15) is 10.4 Å². The first-order valence-corrected chi connectivity index (χ1v) is 7.05. The molecule has 1 amide bonds. The summed E-state index contributed by atoms with van der Waals surface area (Å²) in [6.07, 6.45) is 1.66. The highest BCUT2D eigenvalue weighted by Crippen LogP contribution is 2.29. The fraction of sp³-hybridized carbons (Fsp3) is 0.167. The van der Waals surface area contributed by atoms with Gasteiger partial charge in [0, 0.05) is 11.8 Å². The van der Waals surface area contributed by atoms with Crippen LogP contribution in [-0.2, 0) is 0 Å². The number of anilines is 1. The minimum Gasteiger partial charge on any atom is -0.496 e. The zero-order chi connectivity index (χ0) is 16.7. The van der Waals surface area contributed by atoms with E-state index in [0.717, 1.165) is 0 Å². The Morgan fingerprint density at radius 1 is 1.13 bits per heavy atom. The van der Waals surface area contributed by atoms with Gasteiger partial charge in [0.05, 0.1) is 14.2 Å². The Bertz CT molecular complexity index is 675. The lowest BCUT2D eigenvalue weighted by Gasteiger charge is -2.13. The molecule has 0 aliphatic rings. The van der Waals surface area contributed by atoms with Crippen molar-refractivity contribution in [2.45, 2.75) is 0 Å². The summed E-state index contributed by atoms with van der Waals surface area (Å²) in [5.41, 5.74) is 0.958. The van der Waals surface area contributed by atoms with Gasteiger partial charge in [0.1, 0.15) is 29.4 Å². The molecule has 2 rings (SSSR count). The first-order chi connectivity index (χ1) is 11.2. The van der Waals surface area contributed by atoms with Crippen LogP contribution >= 0.6 is 0 Å². The third-order valence-electron chi connectivity index (χ3n) is 3.11. The van der Waals surface area contributed by atoms with E-state index in [9.17, 15) is 4.79 Å². The second-order valence-corrected chi connectivity index (χ2v) is 4.62. The lowest BCUT2D eigenvalue weighted by atomic mass is 10.1. The Balaban J connectivity index is 2.24. The average Bonchev–Trinajstić information content (AvgIpc) is 2.59. The van der Waals surface area contributed by atoms with E-state index in [4.69, 9.17) is 14.2 Å². The molecule has 2 aromatic carbocycles. The van der Waals surface area contributed by atoms with Crippen LogP contribution < -0.4 is 19.5 Å². The first-order valence-electron chi connectivity index (χ1n) is 7.05. The van der Waals surface area contributed by atoms with Crippen LogP contribution in [0.3, 0.4) is 0 Å². The molecule has 5 nitrogen and oxygen atoms in total. The van der Waals surface area contributed by atoms with Gasteiger partial charge in [-0.1, -0.05) is 24.8 Å². The van der Waals surface area contributed by atoms with Crippen LogP contribution in [0.5, 0.6) is 17.2 Å². The predicted molar refractivity (Wildman–Crippen MR) is 89.6 cm³/mol. The lowest BCUT2D eigenvalue weighted by Crippen LogP contribution is -2.14.